The average Bonchev–Trinajstić information content (AvgIpc) is 3.26. The van der Waals surface area contributed by atoms with Crippen molar-refractivity contribution in [2.75, 3.05) is 0 Å². The molecule has 188 valence electrons. The molecule has 0 spiro atoms. The van der Waals surface area contributed by atoms with Crippen molar-refractivity contribution in [3.8, 4) is 0 Å². The van der Waals surface area contributed by atoms with Gasteiger partial charge in [-0.05, 0) is 23.7 Å². The van der Waals surface area contributed by atoms with Crippen LogP contribution in [0.1, 0.15) is 112 Å². The molecule has 4 aromatic rings. The minimum atomic E-state index is 0. The largest absolute Gasteiger partial charge is 4.00 e. The number of hydrogen-bond donors (Lipinski definition) is 0. The van der Waals surface area contributed by atoms with Crippen LogP contribution >= 0.6 is 0 Å². The third-order valence-electron chi connectivity index (χ3n) is 6.62. The van der Waals surface area contributed by atoms with E-state index in [-0.39, 0.29) is 41.1 Å². The summed E-state index contributed by atoms with van der Waals surface area (Å²) < 4.78 is 0. The van der Waals surface area contributed by atoms with Crippen LogP contribution in [0, 0.1) is 28.7 Å². The summed E-state index contributed by atoms with van der Waals surface area (Å²) >= 11 is 0. The molecule has 0 nitrogen and oxygen atoms in total. The van der Waals surface area contributed by atoms with E-state index in [9.17, 15) is 0 Å². The number of rotatable bonds is 4. The molecule has 4 rings (SSSR count). The predicted molar refractivity (Wildman–Crippen MR) is 158 cm³/mol. The summed E-state index contributed by atoms with van der Waals surface area (Å²) in [4.78, 5) is 0. The maximum Gasteiger partial charge on any atom is 4.00 e. The molecular weight excluding hydrogens is 500 g/mol. The van der Waals surface area contributed by atoms with E-state index in [1.54, 1.807) is 0 Å². The van der Waals surface area contributed by atoms with Gasteiger partial charge < -0.3 is 14.9 Å². The van der Waals surface area contributed by atoms with Crippen molar-refractivity contribution in [1.82, 2.24) is 0 Å². The second-order valence-corrected chi connectivity index (χ2v) is 10.9. The van der Waals surface area contributed by atoms with E-state index in [0.29, 0.717) is 23.7 Å². The minimum absolute atomic E-state index is 0. The van der Waals surface area contributed by atoms with Crippen molar-refractivity contribution in [2.24, 2.45) is 0 Å². The summed E-state index contributed by atoms with van der Waals surface area (Å²) in [6.45, 7) is 22.5. The summed E-state index contributed by atoms with van der Waals surface area (Å²) in [5.74, 6) is 2.42. The van der Waals surface area contributed by atoms with Crippen LogP contribution in [0.5, 0.6) is 0 Å². The van der Waals surface area contributed by atoms with Gasteiger partial charge in [-0.1, -0.05) is 104 Å². The van der Waals surface area contributed by atoms with Crippen molar-refractivity contribution in [2.45, 2.75) is 92.9 Å². The predicted octanol–water partition coefficient (Wildman–Crippen LogP) is 11.1. The fraction of sp³-hybridized carbons (Fsp3) is 0.412. The van der Waals surface area contributed by atoms with Gasteiger partial charge in [0.15, 0.2) is 0 Å². The Kier molecular flexibility index (Phi) is 13.2. The molecule has 0 fully saturated rings. The van der Waals surface area contributed by atoms with Gasteiger partial charge in [0.2, 0.25) is 0 Å². The first kappa shape index (κ1) is 33.5. The molecule has 0 saturated carbocycles. The Hall–Kier alpha value is -1.46. The summed E-state index contributed by atoms with van der Waals surface area (Å²) in [6.07, 6.45) is 0. The van der Waals surface area contributed by atoms with Gasteiger partial charge in [-0.2, -0.15) is 12.1 Å². The first-order valence-corrected chi connectivity index (χ1v) is 12.4. The van der Waals surface area contributed by atoms with Crippen LogP contribution in [-0.2, 0) is 26.2 Å². The molecule has 0 aromatic heterocycles. The van der Waals surface area contributed by atoms with Crippen LogP contribution in [0.3, 0.4) is 0 Å². The monoisotopic (exact) mass is 546 g/mol. The number of benzene rings is 2. The fourth-order valence-electron chi connectivity index (χ4n) is 4.67. The smallest absolute Gasteiger partial charge is 0.358 e. The molecule has 0 bridgehead atoms. The summed E-state index contributed by atoms with van der Waals surface area (Å²) in [6, 6.07) is 18.7. The van der Waals surface area contributed by atoms with Crippen LogP contribution in [0.2, 0.25) is 0 Å². The molecule has 0 saturated heterocycles. The quantitative estimate of drug-likeness (QED) is 0.223. The van der Waals surface area contributed by atoms with Crippen LogP contribution in [0.15, 0.2) is 48.5 Å². The van der Waals surface area contributed by atoms with Crippen LogP contribution in [-0.4, -0.2) is 0 Å². The van der Waals surface area contributed by atoms with Gasteiger partial charge >= 0.3 is 26.2 Å². The topological polar surface area (TPSA) is 0 Å². The number of aryl methyl sites for hydroxylation is 2. The SMILES string of the molecule is Cc1cc2c(C(C)C)cc(C(C)C)cc2[cH-]1.Cc1cc2c(C(C)C)cc(C(C)C)cc2[cH-]1.[CH3-].[CH3-].[Zr+4]. The third-order valence-corrected chi connectivity index (χ3v) is 6.62. The van der Waals surface area contributed by atoms with Crippen molar-refractivity contribution >= 4 is 21.5 Å². The Labute approximate surface area is 236 Å². The van der Waals surface area contributed by atoms with Crippen LogP contribution in [0.4, 0.5) is 0 Å². The minimum Gasteiger partial charge on any atom is -0.358 e. The number of hydrogen-bond acceptors (Lipinski definition) is 0. The molecule has 0 amide bonds. The third kappa shape index (κ3) is 7.76. The van der Waals surface area contributed by atoms with Crippen molar-refractivity contribution in [1.29, 1.82) is 0 Å². The van der Waals surface area contributed by atoms with E-state index in [2.05, 4.69) is 118 Å². The van der Waals surface area contributed by atoms with Crippen molar-refractivity contribution in [3.05, 3.63) is 96.8 Å². The van der Waals surface area contributed by atoms with Gasteiger partial charge in [0.05, 0.1) is 0 Å². The Bertz CT molecular complexity index is 1100. The molecule has 35 heavy (non-hydrogen) atoms. The molecule has 0 N–H and O–H groups in total. The second kappa shape index (κ2) is 13.7. The van der Waals surface area contributed by atoms with Crippen LogP contribution in [0.25, 0.3) is 21.5 Å². The van der Waals surface area contributed by atoms with E-state index < -0.39 is 0 Å². The van der Waals surface area contributed by atoms with E-state index in [0.717, 1.165) is 0 Å². The molecule has 4 aromatic carbocycles. The Morgan fingerprint density at radius 2 is 0.800 bits per heavy atom. The molecule has 1 heteroatoms. The Morgan fingerprint density at radius 3 is 1.06 bits per heavy atom. The molecule has 0 heterocycles. The standard InChI is InChI=1S/2C16H21.2CH3.Zr/c2*1-10(2)13-8-14-6-12(5)7-16(14)15(9-13)11(3)4;;;/h2*6-11H,1-5H3;2*1H3;/q4*-1;+4. The molecule has 0 aliphatic carbocycles. The molecule has 0 atom stereocenters. The Balaban J connectivity index is 0.000000608. The number of fused-ring (bicyclic) bond motifs is 2. The zero-order valence-electron chi connectivity index (χ0n) is 24.4. The van der Waals surface area contributed by atoms with Gasteiger partial charge in [-0.15, -0.1) is 56.9 Å². The van der Waals surface area contributed by atoms with E-state index in [1.165, 1.54) is 54.9 Å². The molecule has 0 aliphatic heterocycles. The van der Waals surface area contributed by atoms with Gasteiger partial charge in [0.25, 0.3) is 0 Å². The zero-order chi connectivity index (χ0) is 23.7. The summed E-state index contributed by atoms with van der Waals surface area (Å²) in [7, 11) is 0. The summed E-state index contributed by atoms with van der Waals surface area (Å²) in [5, 5.41) is 5.70. The maximum atomic E-state index is 2.39. The van der Waals surface area contributed by atoms with E-state index in [4.69, 9.17) is 0 Å². The van der Waals surface area contributed by atoms with Gasteiger partial charge in [-0.25, -0.2) is 0 Å². The normalized spacial score (nSPS) is 10.9. The fourth-order valence-corrected chi connectivity index (χ4v) is 4.67. The molecular formula is C34H48Zr. The molecule has 0 aliphatic rings. The van der Waals surface area contributed by atoms with Crippen molar-refractivity contribution < 1.29 is 26.2 Å². The second-order valence-electron chi connectivity index (χ2n) is 10.9. The van der Waals surface area contributed by atoms with Crippen molar-refractivity contribution in [3.63, 3.8) is 0 Å². The van der Waals surface area contributed by atoms with E-state index in [1.807, 2.05) is 0 Å². The van der Waals surface area contributed by atoms with E-state index >= 15 is 0 Å². The first-order valence-electron chi connectivity index (χ1n) is 12.4. The zero-order valence-corrected chi connectivity index (χ0v) is 26.9. The average molecular weight is 548 g/mol. The maximum absolute atomic E-state index is 2.39. The van der Waals surface area contributed by atoms with Gasteiger partial charge in [0, 0.05) is 0 Å². The van der Waals surface area contributed by atoms with Gasteiger partial charge in [0.1, 0.15) is 0 Å². The van der Waals surface area contributed by atoms with Gasteiger partial charge in [-0.3, -0.25) is 0 Å². The summed E-state index contributed by atoms with van der Waals surface area (Å²) in [5.41, 5.74) is 8.66. The Morgan fingerprint density at radius 1 is 0.486 bits per heavy atom. The van der Waals surface area contributed by atoms with Crippen LogP contribution < -0.4 is 0 Å². The molecule has 0 radical (unpaired) electrons. The molecule has 0 unspecified atom stereocenters. The first-order chi connectivity index (χ1) is 15.0.